The predicted octanol–water partition coefficient (Wildman–Crippen LogP) is 4.91. The van der Waals surface area contributed by atoms with Crippen LogP contribution in [0.25, 0.3) is 21.7 Å². The molecule has 39 heavy (non-hydrogen) atoms. The summed E-state index contributed by atoms with van der Waals surface area (Å²) >= 11 is 1.22. The van der Waals surface area contributed by atoms with E-state index in [1.54, 1.807) is 4.90 Å². The number of hydrogen-bond donors (Lipinski definition) is 1. The molecule has 0 radical (unpaired) electrons. The van der Waals surface area contributed by atoms with Crippen LogP contribution in [0.15, 0.2) is 60.7 Å². The van der Waals surface area contributed by atoms with E-state index in [9.17, 15) is 18.9 Å². The summed E-state index contributed by atoms with van der Waals surface area (Å²) in [6, 6.07) is 18.0. The fourth-order valence-corrected chi connectivity index (χ4v) is 5.35. The molecule has 9 nitrogen and oxygen atoms in total. The molecular weight excluding hydrogens is 535 g/mol. The van der Waals surface area contributed by atoms with Crippen molar-refractivity contribution in [3.63, 3.8) is 0 Å². The van der Waals surface area contributed by atoms with Crippen molar-refractivity contribution in [3.8, 4) is 27.3 Å². The van der Waals surface area contributed by atoms with Crippen LogP contribution in [0.4, 0.5) is 4.79 Å². The fourth-order valence-electron chi connectivity index (χ4n) is 4.08. The zero-order chi connectivity index (χ0) is 27.6. The van der Waals surface area contributed by atoms with Gasteiger partial charge in [-0.15, -0.1) is 0 Å². The van der Waals surface area contributed by atoms with Gasteiger partial charge < -0.3 is 0 Å². The molecule has 0 saturated carbocycles. The van der Waals surface area contributed by atoms with Gasteiger partial charge in [0.05, 0.1) is 0 Å². The first-order valence-electron chi connectivity index (χ1n) is 12.7. The summed E-state index contributed by atoms with van der Waals surface area (Å²) in [5.41, 5.74) is 4.94. The van der Waals surface area contributed by atoms with E-state index in [2.05, 4.69) is 15.9 Å². The number of nitrogens with one attached hydrogen (secondary N) is 1. The van der Waals surface area contributed by atoms with E-state index >= 15 is 0 Å². The molecule has 1 atom stereocenters. The molecule has 1 fully saturated rings. The SMILES string of the molecule is CCCCOC(=O)N1CCN(C(=O)[C@H](C#P=O)NC(=O)c2nc(-c3ccccc3)c(-c3ccccc3)s2)CC1. The molecule has 0 unspecified atom stereocenters. The summed E-state index contributed by atoms with van der Waals surface area (Å²) in [5.74, 6) is -1.01. The first-order chi connectivity index (χ1) is 19.0. The molecule has 1 aromatic heterocycles. The molecule has 4 rings (SSSR count). The van der Waals surface area contributed by atoms with Crippen LogP contribution in [0.1, 0.15) is 29.6 Å². The van der Waals surface area contributed by atoms with Gasteiger partial charge in [0.15, 0.2) is 0 Å². The first kappa shape index (κ1) is 28.3. The minimum atomic E-state index is -1.23. The van der Waals surface area contributed by atoms with Gasteiger partial charge in [-0.1, -0.05) is 6.92 Å². The number of hydrogen-bond acceptors (Lipinski definition) is 7. The summed E-state index contributed by atoms with van der Waals surface area (Å²) in [4.78, 5) is 47.2. The molecule has 202 valence electrons. The second-order valence-corrected chi connectivity index (χ2v) is 10.3. The Labute approximate surface area is 232 Å². The number of carbonyl (C=O) groups is 3. The molecule has 11 heteroatoms. The third kappa shape index (κ3) is 7.24. The Hall–Kier alpha value is -3.71. The number of carbonyl (C=O) groups excluding carboxylic acids is 3. The minimum absolute atomic E-state index is 0.175. The molecule has 1 N–H and O–H groups in total. The third-order valence-electron chi connectivity index (χ3n) is 6.18. The number of rotatable bonds is 8. The number of unbranched alkanes of at least 4 members (excludes halogenated alkanes) is 1. The molecule has 3 aromatic rings. The first-order valence-corrected chi connectivity index (χ1v) is 14.4. The van der Waals surface area contributed by atoms with Crippen LogP contribution in [0.2, 0.25) is 0 Å². The van der Waals surface area contributed by atoms with Gasteiger partial charge >= 0.3 is 226 Å². The van der Waals surface area contributed by atoms with Gasteiger partial charge in [-0.25, -0.2) is 0 Å². The zero-order valence-corrected chi connectivity index (χ0v) is 23.2. The molecule has 3 amide bonds. The number of piperazine rings is 1. The van der Waals surface area contributed by atoms with E-state index < -0.39 is 31.9 Å². The van der Waals surface area contributed by atoms with Gasteiger partial charge in [0.25, 0.3) is 0 Å². The Kier molecular flexibility index (Phi) is 10.1. The molecule has 2 heterocycles. The molecule has 1 aliphatic heterocycles. The van der Waals surface area contributed by atoms with Crippen LogP contribution >= 0.6 is 19.3 Å². The van der Waals surface area contributed by atoms with E-state index in [-0.39, 0.29) is 18.1 Å². The van der Waals surface area contributed by atoms with Crippen LogP contribution in [0.3, 0.4) is 0 Å². The van der Waals surface area contributed by atoms with E-state index in [1.165, 1.54) is 16.2 Å². The molecule has 0 aliphatic carbocycles. The van der Waals surface area contributed by atoms with E-state index in [0.29, 0.717) is 25.4 Å². The quantitative estimate of drug-likeness (QED) is 0.308. The zero-order valence-electron chi connectivity index (χ0n) is 21.5. The maximum absolute atomic E-state index is 13.3. The Morgan fingerprint density at radius 2 is 1.62 bits per heavy atom. The summed E-state index contributed by atoms with van der Waals surface area (Å²) < 4.78 is 16.6. The van der Waals surface area contributed by atoms with Crippen molar-refractivity contribution in [1.29, 1.82) is 0 Å². The van der Waals surface area contributed by atoms with Gasteiger partial charge in [0.1, 0.15) is 0 Å². The normalized spacial score (nSPS) is 13.8. The van der Waals surface area contributed by atoms with Gasteiger partial charge in [-0.3, -0.25) is 0 Å². The second-order valence-electron chi connectivity index (χ2n) is 8.84. The molecule has 0 bridgehead atoms. The standard InChI is InChI=1S/C28H29N4O5PS/c1-2-3-18-37-28(35)32-16-14-31(15-17-32)27(34)22(19-38-36)29-25(33)26-30-23(20-10-6-4-7-11-20)24(39-26)21-12-8-5-9-13-21/h4-13,22H,2-3,14-18H2,1H3,(H,29,33)/t22-/m0/s1. The summed E-state index contributed by atoms with van der Waals surface area (Å²) in [7, 11) is -0.509. The summed E-state index contributed by atoms with van der Waals surface area (Å²) in [6.45, 7) is 3.52. The molecule has 0 spiro atoms. The number of nitrogens with zero attached hydrogens (tertiary/aromatic N) is 3. The third-order valence-corrected chi connectivity index (χ3v) is 7.65. The Bertz CT molecular complexity index is 1350. The van der Waals surface area contributed by atoms with Crippen molar-refractivity contribution in [2.24, 2.45) is 0 Å². The summed E-state index contributed by atoms with van der Waals surface area (Å²) in [6.07, 6.45) is 1.32. The van der Waals surface area contributed by atoms with Crippen molar-refractivity contribution in [2.75, 3.05) is 32.8 Å². The number of thiazole rings is 1. The van der Waals surface area contributed by atoms with E-state index in [4.69, 9.17) is 4.74 Å². The van der Waals surface area contributed by atoms with Crippen molar-refractivity contribution < 1.29 is 23.7 Å². The predicted molar refractivity (Wildman–Crippen MR) is 150 cm³/mol. The van der Waals surface area contributed by atoms with Crippen molar-refractivity contribution in [3.05, 3.63) is 65.7 Å². The molecule has 2 aromatic carbocycles. The number of amides is 3. The van der Waals surface area contributed by atoms with Crippen molar-refractivity contribution >= 4 is 37.2 Å². The Balaban J connectivity index is 1.47. The average Bonchev–Trinajstić information content (AvgIpc) is 3.43. The molecule has 1 aliphatic rings. The topological polar surface area (TPSA) is 109 Å². The van der Waals surface area contributed by atoms with Crippen molar-refractivity contribution in [2.45, 2.75) is 25.8 Å². The maximum atomic E-state index is 13.3. The van der Waals surface area contributed by atoms with Gasteiger partial charge in [-0.05, 0) is 0 Å². The molecular formula is C28H29N4O5PS. The van der Waals surface area contributed by atoms with Crippen LogP contribution in [0.5, 0.6) is 0 Å². The van der Waals surface area contributed by atoms with Crippen molar-refractivity contribution in [1.82, 2.24) is 20.1 Å². The Morgan fingerprint density at radius 3 is 2.23 bits per heavy atom. The molecule has 1 saturated heterocycles. The second kappa shape index (κ2) is 13.9. The van der Waals surface area contributed by atoms with Crippen LogP contribution in [-0.2, 0) is 14.1 Å². The van der Waals surface area contributed by atoms with E-state index in [1.807, 2.05) is 67.6 Å². The van der Waals surface area contributed by atoms with Gasteiger partial charge in [0.2, 0.25) is 0 Å². The number of aromatic nitrogens is 1. The van der Waals surface area contributed by atoms with Gasteiger partial charge in [-0.2, -0.15) is 0 Å². The van der Waals surface area contributed by atoms with Crippen LogP contribution in [-0.4, -0.2) is 71.5 Å². The Morgan fingerprint density at radius 1 is 1.00 bits per heavy atom. The summed E-state index contributed by atoms with van der Waals surface area (Å²) in [5, 5.41) is 2.81. The van der Waals surface area contributed by atoms with E-state index in [0.717, 1.165) is 28.8 Å². The average molecular weight is 565 g/mol. The fraction of sp³-hybridized carbons (Fsp3) is 0.321. The van der Waals surface area contributed by atoms with Gasteiger partial charge in [0, 0.05) is 0 Å². The van der Waals surface area contributed by atoms with Crippen LogP contribution < -0.4 is 5.32 Å². The number of benzene rings is 2. The monoisotopic (exact) mass is 564 g/mol. The number of ether oxygens (including phenoxy) is 1. The van der Waals surface area contributed by atoms with Crippen LogP contribution in [0, 0.1) is 5.63 Å².